The minimum Gasteiger partial charge on any atom is -0.311 e. The molecule has 0 bridgehead atoms. The monoisotopic (exact) mass is 227 g/mol. The molecule has 0 spiro atoms. The lowest BCUT2D eigenvalue weighted by molar-refractivity contribution is 0.353. The Hall–Kier alpha value is -0.0400. The second-order valence-electron chi connectivity index (χ2n) is 5.04. The van der Waals surface area contributed by atoms with Crippen LogP contribution in [0.2, 0.25) is 0 Å². The summed E-state index contributed by atoms with van der Waals surface area (Å²) in [5.74, 6) is 0. The Morgan fingerprint density at radius 2 is 1.25 bits per heavy atom. The number of nitrogens with one attached hydrogen (secondary N) is 1. The molecule has 0 aromatic carbocycles. The van der Waals surface area contributed by atoms with Crippen molar-refractivity contribution in [1.82, 2.24) is 5.32 Å². The Morgan fingerprint density at radius 1 is 0.688 bits per heavy atom. The fourth-order valence-corrected chi connectivity index (χ4v) is 2.30. The number of hydrogen-bond donors (Lipinski definition) is 1. The van der Waals surface area contributed by atoms with E-state index in [1.165, 1.54) is 57.8 Å². The van der Waals surface area contributed by atoms with E-state index in [1.54, 1.807) is 0 Å². The molecular weight excluding hydrogens is 194 g/mol. The van der Waals surface area contributed by atoms with E-state index >= 15 is 0 Å². The smallest absolute Gasteiger partial charge is 0.00695 e. The van der Waals surface area contributed by atoms with Gasteiger partial charge < -0.3 is 5.32 Å². The van der Waals surface area contributed by atoms with E-state index in [0.29, 0.717) is 0 Å². The van der Waals surface area contributed by atoms with Gasteiger partial charge in [0.2, 0.25) is 0 Å². The van der Waals surface area contributed by atoms with Crippen LogP contribution in [0.25, 0.3) is 0 Å². The quantitative estimate of drug-likeness (QED) is 0.529. The van der Waals surface area contributed by atoms with Crippen LogP contribution in [0.15, 0.2) is 0 Å². The van der Waals surface area contributed by atoms with Crippen molar-refractivity contribution in [3.05, 3.63) is 0 Å². The number of hydrogen-bond acceptors (Lipinski definition) is 1. The molecule has 0 amide bonds. The van der Waals surface area contributed by atoms with Gasteiger partial charge in [0.05, 0.1) is 0 Å². The fraction of sp³-hybridized carbons (Fsp3) is 1.00. The van der Waals surface area contributed by atoms with E-state index in [9.17, 15) is 0 Å². The lowest BCUT2D eigenvalue weighted by Gasteiger charge is -2.25. The van der Waals surface area contributed by atoms with Crippen LogP contribution in [-0.2, 0) is 0 Å². The summed E-state index contributed by atoms with van der Waals surface area (Å²) in [5, 5.41) is 3.87. The van der Waals surface area contributed by atoms with Gasteiger partial charge in [0, 0.05) is 12.1 Å². The molecule has 0 saturated heterocycles. The van der Waals surface area contributed by atoms with Crippen molar-refractivity contribution in [3.8, 4) is 0 Å². The van der Waals surface area contributed by atoms with Crippen LogP contribution < -0.4 is 5.32 Å². The summed E-state index contributed by atoms with van der Waals surface area (Å²) in [6.07, 6.45) is 12.1. The standard InChI is InChI=1S/C15H33N/c1-5-9-12-14(8-4)16-15(11-7-3)13-10-6-2/h14-16H,5-13H2,1-4H3. The van der Waals surface area contributed by atoms with Gasteiger partial charge in [0.1, 0.15) is 0 Å². The van der Waals surface area contributed by atoms with Crippen molar-refractivity contribution in [2.45, 2.75) is 97.6 Å². The van der Waals surface area contributed by atoms with Gasteiger partial charge in [-0.15, -0.1) is 0 Å². The number of rotatable bonds is 11. The molecule has 1 N–H and O–H groups in total. The van der Waals surface area contributed by atoms with Crippen molar-refractivity contribution in [3.63, 3.8) is 0 Å². The van der Waals surface area contributed by atoms with Crippen LogP contribution >= 0.6 is 0 Å². The molecule has 0 fully saturated rings. The summed E-state index contributed by atoms with van der Waals surface area (Å²) in [4.78, 5) is 0. The van der Waals surface area contributed by atoms with Crippen molar-refractivity contribution in [2.75, 3.05) is 0 Å². The minimum absolute atomic E-state index is 0.758. The van der Waals surface area contributed by atoms with Crippen LogP contribution in [0.1, 0.15) is 85.5 Å². The van der Waals surface area contributed by atoms with E-state index in [4.69, 9.17) is 0 Å². The van der Waals surface area contributed by atoms with Crippen molar-refractivity contribution in [2.24, 2.45) is 0 Å². The highest BCUT2D eigenvalue weighted by Gasteiger charge is 2.12. The maximum Gasteiger partial charge on any atom is 0.00695 e. The van der Waals surface area contributed by atoms with Gasteiger partial charge >= 0.3 is 0 Å². The van der Waals surface area contributed by atoms with Crippen LogP contribution in [0, 0.1) is 0 Å². The van der Waals surface area contributed by atoms with Crippen molar-refractivity contribution >= 4 is 0 Å². The van der Waals surface area contributed by atoms with Gasteiger partial charge in [-0.1, -0.05) is 59.8 Å². The third-order valence-electron chi connectivity index (χ3n) is 3.41. The molecule has 0 aliphatic rings. The zero-order chi connectivity index (χ0) is 12.2. The van der Waals surface area contributed by atoms with Crippen molar-refractivity contribution in [1.29, 1.82) is 0 Å². The molecule has 0 saturated carbocycles. The lowest BCUT2D eigenvalue weighted by atomic mass is 10.0. The molecule has 2 unspecified atom stereocenters. The molecule has 0 radical (unpaired) electrons. The Kier molecular flexibility index (Phi) is 11.4. The Bertz CT molecular complexity index is 133. The molecular formula is C15H33N. The average Bonchev–Trinajstić information content (AvgIpc) is 2.31. The van der Waals surface area contributed by atoms with Gasteiger partial charge in [-0.2, -0.15) is 0 Å². The summed E-state index contributed by atoms with van der Waals surface area (Å²) in [7, 11) is 0. The third kappa shape index (κ3) is 8.15. The zero-order valence-corrected chi connectivity index (χ0v) is 12.0. The molecule has 0 aliphatic carbocycles. The van der Waals surface area contributed by atoms with Crippen LogP contribution in [-0.4, -0.2) is 12.1 Å². The van der Waals surface area contributed by atoms with E-state index in [1.807, 2.05) is 0 Å². The second kappa shape index (κ2) is 11.4. The minimum atomic E-state index is 0.758. The van der Waals surface area contributed by atoms with Gasteiger partial charge in [0.15, 0.2) is 0 Å². The molecule has 98 valence electrons. The topological polar surface area (TPSA) is 12.0 Å². The zero-order valence-electron chi connectivity index (χ0n) is 12.0. The molecule has 0 aromatic rings. The van der Waals surface area contributed by atoms with Gasteiger partial charge in [0.25, 0.3) is 0 Å². The van der Waals surface area contributed by atoms with E-state index < -0.39 is 0 Å². The van der Waals surface area contributed by atoms with E-state index in [0.717, 1.165) is 12.1 Å². The van der Waals surface area contributed by atoms with Gasteiger partial charge in [-0.05, 0) is 25.7 Å². The summed E-state index contributed by atoms with van der Waals surface area (Å²) in [6, 6.07) is 1.53. The molecule has 0 rings (SSSR count). The largest absolute Gasteiger partial charge is 0.311 e. The lowest BCUT2D eigenvalue weighted by Crippen LogP contribution is -2.38. The summed E-state index contributed by atoms with van der Waals surface area (Å²) >= 11 is 0. The Labute approximate surface area is 103 Å². The molecule has 0 aromatic heterocycles. The molecule has 1 nitrogen and oxygen atoms in total. The molecule has 1 heteroatoms. The highest BCUT2D eigenvalue weighted by atomic mass is 14.9. The van der Waals surface area contributed by atoms with Crippen LogP contribution in [0.5, 0.6) is 0 Å². The highest BCUT2D eigenvalue weighted by Crippen LogP contribution is 2.11. The van der Waals surface area contributed by atoms with Crippen LogP contribution in [0.3, 0.4) is 0 Å². The molecule has 0 aliphatic heterocycles. The normalized spacial score (nSPS) is 15.0. The molecule has 2 atom stereocenters. The summed E-state index contributed by atoms with van der Waals surface area (Å²) < 4.78 is 0. The SMILES string of the molecule is CCCCC(CC)NC(CCC)CCCC. The first-order valence-electron chi connectivity index (χ1n) is 7.54. The van der Waals surface area contributed by atoms with Crippen LogP contribution in [0.4, 0.5) is 0 Å². The first kappa shape index (κ1) is 16.0. The van der Waals surface area contributed by atoms with Crippen molar-refractivity contribution < 1.29 is 0 Å². The Morgan fingerprint density at radius 3 is 1.69 bits per heavy atom. The first-order chi connectivity index (χ1) is 7.78. The van der Waals surface area contributed by atoms with E-state index in [-0.39, 0.29) is 0 Å². The van der Waals surface area contributed by atoms with Gasteiger partial charge in [-0.3, -0.25) is 0 Å². The predicted octanol–water partition coefficient (Wildman–Crippen LogP) is 4.90. The molecule has 16 heavy (non-hydrogen) atoms. The second-order valence-corrected chi connectivity index (χ2v) is 5.04. The number of unbranched alkanes of at least 4 members (excludes halogenated alkanes) is 2. The summed E-state index contributed by atoms with van der Waals surface area (Å²) in [5.41, 5.74) is 0. The summed E-state index contributed by atoms with van der Waals surface area (Å²) in [6.45, 7) is 9.19. The van der Waals surface area contributed by atoms with Gasteiger partial charge in [-0.25, -0.2) is 0 Å². The Balaban J connectivity index is 3.90. The fourth-order valence-electron chi connectivity index (χ4n) is 2.30. The molecule has 0 heterocycles. The van der Waals surface area contributed by atoms with E-state index in [2.05, 4.69) is 33.0 Å². The average molecular weight is 227 g/mol. The highest BCUT2D eigenvalue weighted by molar-refractivity contribution is 4.73. The third-order valence-corrected chi connectivity index (χ3v) is 3.41. The maximum absolute atomic E-state index is 3.87. The maximum atomic E-state index is 3.87. The predicted molar refractivity (Wildman–Crippen MR) is 75.0 cm³/mol. The first-order valence-corrected chi connectivity index (χ1v) is 7.54.